The molecular formula is C63H129N. The third-order valence-electron chi connectivity index (χ3n) is 15.2. The lowest BCUT2D eigenvalue weighted by Gasteiger charge is -2.22. The zero-order chi connectivity index (χ0) is 46.0. The van der Waals surface area contributed by atoms with E-state index in [4.69, 9.17) is 0 Å². The summed E-state index contributed by atoms with van der Waals surface area (Å²) in [5.41, 5.74) is 0. The SMILES string of the molecule is CCCCCCCCCCCCCCCCCCCCCN(CCCCCCCCCCCCCCCCCCCCC)CCCCCCCCCCCCCCCCCCCCC. The molecular weight excluding hydrogens is 771 g/mol. The maximum absolute atomic E-state index is 2.90. The van der Waals surface area contributed by atoms with E-state index in [1.807, 2.05) is 0 Å². The van der Waals surface area contributed by atoms with Crippen molar-refractivity contribution in [2.24, 2.45) is 0 Å². The van der Waals surface area contributed by atoms with E-state index in [2.05, 4.69) is 25.7 Å². The van der Waals surface area contributed by atoms with Gasteiger partial charge in [0.2, 0.25) is 0 Å². The molecule has 386 valence electrons. The van der Waals surface area contributed by atoms with Crippen molar-refractivity contribution in [2.45, 2.75) is 387 Å². The number of nitrogens with zero attached hydrogens (tertiary/aromatic N) is 1. The third kappa shape index (κ3) is 58.1. The minimum Gasteiger partial charge on any atom is -0.303 e. The minimum atomic E-state index is 1.37. The average molecular weight is 901 g/mol. The summed E-state index contributed by atoms with van der Waals surface area (Å²) in [6.07, 6.45) is 84.0. The van der Waals surface area contributed by atoms with Crippen LogP contribution in [0.5, 0.6) is 0 Å². The quantitative estimate of drug-likeness (QED) is 0.0550. The van der Waals surface area contributed by atoms with E-state index >= 15 is 0 Å². The molecule has 0 heterocycles. The van der Waals surface area contributed by atoms with Crippen LogP contribution in [0.1, 0.15) is 387 Å². The van der Waals surface area contributed by atoms with Crippen molar-refractivity contribution in [3.8, 4) is 0 Å². The van der Waals surface area contributed by atoms with Gasteiger partial charge in [-0.1, -0.05) is 367 Å². The first kappa shape index (κ1) is 64.0. The molecule has 0 spiro atoms. The zero-order valence-electron chi connectivity index (χ0n) is 45.9. The van der Waals surface area contributed by atoms with E-state index < -0.39 is 0 Å². The van der Waals surface area contributed by atoms with E-state index in [-0.39, 0.29) is 0 Å². The first-order chi connectivity index (χ1) is 31.8. The summed E-state index contributed by atoms with van der Waals surface area (Å²) in [5.74, 6) is 0. The van der Waals surface area contributed by atoms with Crippen LogP contribution >= 0.6 is 0 Å². The second kappa shape index (κ2) is 61.0. The first-order valence-corrected chi connectivity index (χ1v) is 31.6. The van der Waals surface area contributed by atoms with Crippen LogP contribution in [0.3, 0.4) is 0 Å². The van der Waals surface area contributed by atoms with E-state index in [0.717, 1.165) is 0 Å². The second-order valence-corrected chi connectivity index (χ2v) is 21.9. The third-order valence-corrected chi connectivity index (χ3v) is 15.2. The Kier molecular flexibility index (Phi) is 60.9. The molecule has 0 aliphatic heterocycles. The fraction of sp³-hybridized carbons (Fsp3) is 1.00. The van der Waals surface area contributed by atoms with Gasteiger partial charge in [-0.2, -0.15) is 0 Å². The van der Waals surface area contributed by atoms with Crippen molar-refractivity contribution >= 4 is 0 Å². The van der Waals surface area contributed by atoms with Crippen LogP contribution in [0.15, 0.2) is 0 Å². The summed E-state index contributed by atoms with van der Waals surface area (Å²) < 4.78 is 0. The molecule has 0 amide bonds. The molecule has 0 saturated heterocycles. The highest BCUT2D eigenvalue weighted by molar-refractivity contribution is 4.62. The van der Waals surface area contributed by atoms with Gasteiger partial charge in [0.25, 0.3) is 0 Å². The second-order valence-electron chi connectivity index (χ2n) is 21.9. The molecule has 1 heteroatoms. The maximum Gasteiger partial charge on any atom is -0.00187 e. The van der Waals surface area contributed by atoms with E-state index in [0.29, 0.717) is 0 Å². The van der Waals surface area contributed by atoms with Crippen LogP contribution in [-0.2, 0) is 0 Å². The molecule has 0 N–H and O–H groups in total. The highest BCUT2D eigenvalue weighted by Gasteiger charge is 2.06. The van der Waals surface area contributed by atoms with E-state index in [9.17, 15) is 0 Å². The van der Waals surface area contributed by atoms with Gasteiger partial charge in [-0.3, -0.25) is 0 Å². The molecule has 0 aromatic carbocycles. The van der Waals surface area contributed by atoms with Gasteiger partial charge in [0.05, 0.1) is 0 Å². The summed E-state index contributed by atoms with van der Waals surface area (Å²) in [5, 5.41) is 0. The van der Waals surface area contributed by atoms with Gasteiger partial charge >= 0.3 is 0 Å². The summed E-state index contributed by atoms with van der Waals surface area (Å²) in [6.45, 7) is 11.1. The molecule has 0 radical (unpaired) electrons. The minimum absolute atomic E-state index is 1.37. The Hall–Kier alpha value is -0.0400. The molecule has 64 heavy (non-hydrogen) atoms. The largest absolute Gasteiger partial charge is 0.303 e. The molecule has 0 bridgehead atoms. The molecule has 0 unspecified atom stereocenters. The van der Waals surface area contributed by atoms with Gasteiger partial charge in [-0.05, 0) is 38.9 Å². The topological polar surface area (TPSA) is 3.24 Å². The highest BCUT2D eigenvalue weighted by atomic mass is 15.1. The molecule has 0 aliphatic carbocycles. The summed E-state index contributed by atoms with van der Waals surface area (Å²) in [7, 11) is 0. The van der Waals surface area contributed by atoms with Crippen molar-refractivity contribution in [1.29, 1.82) is 0 Å². The van der Waals surface area contributed by atoms with Crippen LogP contribution in [0.25, 0.3) is 0 Å². The predicted octanol–water partition coefficient (Wildman–Crippen LogP) is 23.6. The van der Waals surface area contributed by atoms with Crippen molar-refractivity contribution in [2.75, 3.05) is 19.6 Å². The van der Waals surface area contributed by atoms with Gasteiger partial charge in [-0.15, -0.1) is 0 Å². The van der Waals surface area contributed by atoms with Crippen LogP contribution in [0.2, 0.25) is 0 Å². The highest BCUT2D eigenvalue weighted by Crippen LogP contribution is 2.19. The van der Waals surface area contributed by atoms with Gasteiger partial charge < -0.3 is 4.90 Å². The van der Waals surface area contributed by atoms with Crippen molar-refractivity contribution in [3.63, 3.8) is 0 Å². The Balaban J connectivity index is 3.97. The Morgan fingerprint density at radius 3 is 0.328 bits per heavy atom. The lowest BCUT2D eigenvalue weighted by atomic mass is 10.0. The van der Waals surface area contributed by atoms with Gasteiger partial charge in [0.1, 0.15) is 0 Å². The predicted molar refractivity (Wildman–Crippen MR) is 297 cm³/mol. The Labute approximate surface area is 409 Å². The molecule has 0 rings (SSSR count). The Morgan fingerprint density at radius 2 is 0.219 bits per heavy atom. The lowest BCUT2D eigenvalue weighted by Crippen LogP contribution is -2.27. The van der Waals surface area contributed by atoms with E-state index in [1.54, 1.807) is 0 Å². The monoisotopic (exact) mass is 900 g/mol. The summed E-state index contributed by atoms with van der Waals surface area (Å²) >= 11 is 0. The molecule has 0 aromatic rings. The van der Waals surface area contributed by atoms with Crippen LogP contribution < -0.4 is 0 Å². The lowest BCUT2D eigenvalue weighted by molar-refractivity contribution is 0.254. The van der Waals surface area contributed by atoms with Crippen LogP contribution in [0, 0.1) is 0 Å². The number of rotatable bonds is 60. The molecule has 0 atom stereocenters. The molecule has 0 aromatic heterocycles. The maximum atomic E-state index is 2.90. The number of hydrogen-bond donors (Lipinski definition) is 0. The van der Waals surface area contributed by atoms with Gasteiger partial charge in [0, 0.05) is 0 Å². The molecule has 0 saturated carbocycles. The smallest absolute Gasteiger partial charge is 0.00187 e. The van der Waals surface area contributed by atoms with Crippen LogP contribution in [0.4, 0.5) is 0 Å². The van der Waals surface area contributed by atoms with Crippen molar-refractivity contribution in [1.82, 2.24) is 4.90 Å². The fourth-order valence-electron chi connectivity index (χ4n) is 10.6. The standard InChI is InChI=1S/C63H129N/c1-4-7-10-13-16-19-22-25-28-31-34-37-40-43-46-49-52-55-58-61-64(62-59-56-53-50-47-44-41-38-35-32-29-26-23-20-17-14-11-8-5-2)63-60-57-54-51-48-45-42-39-36-33-30-27-24-21-18-15-12-9-6-3/h4-63H2,1-3H3. The molecule has 0 aliphatic rings. The number of hydrogen-bond acceptors (Lipinski definition) is 1. The van der Waals surface area contributed by atoms with Crippen molar-refractivity contribution < 1.29 is 0 Å². The average Bonchev–Trinajstić information content (AvgIpc) is 3.30. The first-order valence-electron chi connectivity index (χ1n) is 31.6. The zero-order valence-corrected chi connectivity index (χ0v) is 45.9. The van der Waals surface area contributed by atoms with E-state index in [1.165, 1.54) is 386 Å². The van der Waals surface area contributed by atoms with Gasteiger partial charge in [-0.25, -0.2) is 0 Å². The normalized spacial score (nSPS) is 11.8. The molecule has 0 fully saturated rings. The Morgan fingerprint density at radius 1 is 0.125 bits per heavy atom. The van der Waals surface area contributed by atoms with Crippen LogP contribution in [-0.4, -0.2) is 24.5 Å². The van der Waals surface area contributed by atoms with Gasteiger partial charge in [0.15, 0.2) is 0 Å². The summed E-state index contributed by atoms with van der Waals surface area (Å²) in [4.78, 5) is 2.90. The summed E-state index contributed by atoms with van der Waals surface area (Å²) in [6, 6.07) is 0. The fourth-order valence-corrected chi connectivity index (χ4v) is 10.6. The Bertz CT molecular complexity index is 661. The van der Waals surface area contributed by atoms with Crippen molar-refractivity contribution in [3.05, 3.63) is 0 Å². The number of unbranched alkanes of at least 4 members (excludes halogenated alkanes) is 54. The molecule has 1 nitrogen and oxygen atoms in total.